The van der Waals surface area contributed by atoms with Gasteiger partial charge in [-0.2, -0.15) is 0 Å². The quantitative estimate of drug-likeness (QED) is 0.163. The maximum atomic E-state index is 16.1. The lowest BCUT2D eigenvalue weighted by Gasteiger charge is -2.45. The standard InChI is InChI=1S/C54H42NO3P/c1-53(2)43-30-28-37(55-46-22-12-15-25-49(46)57-50-26-16-13-23-47(50)55)34-45(43)54(3,4)42-29-27-35(32-44(42)53)36-31-41-40-21-11-14-24-48(40)58-52(41)51(33-36)59(56,38-17-7-5-8-18-38)39-19-9-6-10-20-39/h5-34H,1-4H3. The van der Waals surface area contributed by atoms with E-state index in [0.717, 1.165) is 66.7 Å². The van der Waals surface area contributed by atoms with E-state index in [1.54, 1.807) is 0 Å². The second-order valence-corrected chi connectivity index (χ2v) is 19.6. The zero-order chi connectivity index (χ0) is 40.1. The third-order valence-electron chi connectivity index (χ3n) is 12.8. The van der Waals surface area contributed by atoms with Crippen molar-refractivity contribution in [3.8, 4) is 22.6 Å². The minimum atomic E-state index is -3.40. The molecule has 5 heteroatoms. The fraction of sp³-hybridized carbons (Fsp3) is 0.111. The molecule has 2 heterocycles. The summed E-state index contributed by atoms with van der Waals surface area (Å²) in [5.74, 6) is 1.69. The highest BCUT2D eigenvalue weighted by Crippen LogP contribution is 2.55. The van der Waals surface area contributed by atoms with E-state index in [2.05, 4.69) is 111 Å². The summed E-state index contributed by atoms with van der Waals surface area (Å²) in [5, 5.41) is 4.23. The number of benzene rings is 8. The summed E-state index contributed by atoms with van der Waals surface area (Å²) in [6.45, 7) is 9.39. The number of anilines is 3. The first-order valence-electron chi connectivity index (χ1n) is 20.3. The first kappa shape index (κ1) is 35.5. The third-order valence-corrected chi connectivity index (χ3v) is 15.8. The molecule has 0 fully saturated rings. The molecule has 1 aliphatic heterocycles. The molecule has 286 valence electrons. The maximum Gasteiger partial charge on any atom is 0.174 e. The van der Waals surface area contributed by atoms with Crippen molar-refractivity contribution in [1.29, 1.82) is 0 Å². The summed E-state index contributed by atoms with van der Waals surface area (Å²) in [6.07, 6.45) is 0. The van der Waals surface area contributed by atoms with Crippen molar-refractivity contribution in [3.05, 3.63) is 204 Å². The Hall–Kier alpha value is -6.61. The van der Waals surface area contributed by atoms with E-state index in [1.807, 2.05) is 103 Å². The second-order valence-electron chi connectivity index (χ2n) is 16.9. The van der Waals surface area contributed by atoms with Gasteiger partial charge in [0.2, 0.25) is 0 Å². The number of fused-ring (bicyclic) bond motifs is 7. The SMILES string of the molecule is CC1(C)c2ccc(N3c4ccccc4Oc4ccccc43)cc2C(C)(C)c2ccc(-c3cc(P(=O)(c4ccccc4)c4ccccc4)c4oc5ccccc5c4c3)cc21. The maximum absolute atomic E-state index is 16.1. The summed E-state index contributed by atoms with van der Waals surface area (Å²) in [5.41, 5.74) is 11.3. The molecule has 8 aromatic carbocycles. The van der Waals surface area contributed by atoms with Gasteiger partial charge in [0.1, 0.15) is 11.2 Å². The van der Waals surface area contributed by atoms with Gasteiger partial charge in [0.05, 0.1) is 16.7 Å². The molecule has 59 heavy (non-hydrogen) atoms. The van der Waals surface area contributed by atoms with Gasteiger partial charge in [-0.15, -0.1) is 0 Å². The fourth-order valence-electron chi connectivity index (χ4n) is 9.70. The van der Waals surface area contributed by atoms with Crippen LogP contribution in [-0.4, -0.2) is 0 Å². The van der Waals surface area contributed by atoms with Crippen LogP contribution in [0, 0.1) is 0 Å². The number of hydrogen-bond acceptors (Lipinski definition) is 4. The molecule has 0 saturated carbocycles. The molecule has 4 nitrogen and oxygen atoms in total. The molecule has 1 aromatic heterocycles. The molecule has 11 rings (SSSR count). The molecule has 0 amide bonds. The van der Waals surface area contributed by atoms with Gasteiger partial charge in [-0.05, 0) is 94.0 Å². The van der Waals surface area contributed by atoms with Gasteiger partial charge in [-0.25, -0.2) is 0 Å². The van der Waals surface area contributed by atoms with Crippen LogP contribution in [-0.2, 0) is 15.4 Å². The van der Waals surface area contributed by atoms with E-state index >= 15 is 4.57 Å². The molecule has 2 aliphatic rings. The number of para-hydroxylation sites is 5. The molecule has 0 unspecified atom stereocenters. The van der Waals surface area contributed by atoms with Crippen LogP contribution in [0.15, 0.2) is 186 Å². The Morgan fingerprint density at radius 3 is 1.66 bits per heavy atom. The summed E-state index contributed by atoms with van der Waals surface area (Å²) in [6, 6.07) is 62.7. The van der Waals surface area contributed by atoms with Crippen molar-refractivity contribution >= 4 is 62.1 Å². The highest BCUT2D eigenvalue weighted by molar-refractivity contribution is 7.85. The minimum absolute atomic E-state index is 0.299. The predicted octanol–water partition coefficient (Wildman–Crippen LogP) is 13.4. The van der Waals surface area contributed by atoms with E-state index in [1.165, 1.54) is 22.3 Å². The van der Waals surface area contributed by atoms with Gasteiger partial charge in [0, 0.05) is 37.9 Å². The van der Waals surface area contributed by atoms with Crippen LogP contribution in [0.3, 0.4) is 0 Å². The Bertz CT molecular complexity index is 3090. The predicted molar refractivity (Wildman–Crippen MR) is 244 cm³/mol. The van der Waals surface area contributed by atoms with E-state index < -0.39 is 7.14 Å². The number of nitrogens with zero attached hydrogens (tertiary/aromatic N) is 1. The van der Waals surface area contributed by atoms with Crippen molar-refractivity contribution in [2.75, 3.05) is 4.90 Å². The van der Waals surface area contributed by atoms with Gasteiger partial charge in [0.15, 0.2) is 18.6 Å². The van der Waals surface area contributed by atoms with Gasteiger partial charge in [0.25, 0.3) is 0 Å². The average Bonchev–Trinajstić information content (AvgIpc) is 3.66. The molecular weight excluding hydrogens is 742 g/mol. The minimum Gasteiger partial charge on any atom is -0.455 e. The monoisotopic (exact) mass is 783 g/mol. The lowest BCUT2D eigenvalue weighted by molar-refractivity contribution is 0.477. The molecule has 0 saturated heterocycles. The normalized spacial score (nSPS) is 14.9. The van der Waals surface area contributed by atoms with E-state index in [-0.39, 0.29) is 10.8 Å². The number of rotatable bonds is 5. The van der Waals surface area contributed by atoms with Crippen molar-refractivity contribution in [2.24, 2.45) is 0 Å². The number of furan rings is 1. The summed E-state index contributed by atoms with van der Waals surface area (Å²) < 4.78 is 29.1. The van der Waals surface area contributed by atoms with Gasteiger partial charge in [-0.1, -0.05) is 149 Å². The van der Waals surface area contributed by atoms with Crippen molar-refractivity contribution in [2.45, 2.75) is 38.5 Å². The molecule has 9 aromatic rings. The molecule has 0 radical (unpaired) electrons. The lowest BCUT2D eigenvalue weighted by atomic mass is 9.59. The van der Waals surface area contributed by atoms with Crippen LogP contribution in [0.5, 0.6) is 11.5 Å². The smallest absolute Gasteiger partial charge is 0.174 e. The second kappa shape index (κ2) is 12.9. The first-order valence-corrected chi connectivity index (χ1v) is 22.0. The number of hydrogen-bond donors (Lipinski definition) is 0. The zero-order valence-corrected chi connectivity index (χ0v) is 34.3. The van der Waals surface area contributed by atoms with Crippen LogP contribution < -0.4 is 25.6 Å². The van der Waals surface area contributed by atoms with Crippen molar-refractivity contribution < 1.29 is 13.7 Å². The zero-order valence-electron chi connectivity index (χ0n) is 33.4. The van der Waals surface area contributed by atoms with E-state index in [9.17, 15) is 0 Å². The van der Waals surface area contributed by atoms with E-state index in [4.69, 9.17) is 9.15 Å². The molecule has 1 aliphatic carbocycles. The lowest BCUT2D eigenvalue weighted by Crippen LogP contribution is -2.36. The van der Waals surface area contributed by atoms with Crippen LogP contribution in [0.2, 0.25) is 0 Å². The Kier molecular flexibility index (Phi) is 7.80. The largest absolute Gasteiger partial charge is 0.455 e. The Morgan fingerprint density at radius 2 is 1.02 bits per heavy atom. The van der Waals surface area contributed by atoms with Crippen molar-refractivity contribution in [3.63, 3.8) is 0 Å². The van der Waals surface area contributed by atoms with Gasteiger partial charge >= 0.3 is 0 Å². The van der Waals surface area contributed by atoms with Crippen LogP contribution >= 0.6 is 7.14 Å². The van der Waals surface area contributed by atoms with E-state index in [0.29, 0.717) is 10.9 Å². The van der Waals surface area contributed by atoms with Gasteiger partial charge < -0.3 is 18.6 Å². The molecule has 0 N–H and O–H groups in total. The first-order chi connectivity index (χ1) is 28.6. The molecule has 0 bridgehead atoms. The third kappa shape index (κ3) is 5.26. The summed E-state index contributed by atoms with van der Waals surface area (Å²) in [4.78, 5) is 2.33. The Balaban J connectivity index is 1.09. The Morgan fingerprint density at radius 1 is 0.475 bits per heavy atom. The van der Waals surface area contributed by atoms with Gasteiger partial charge in [-0.3, -0.25) is 0 Å². The molecule has 0 spiro atoms. The highest BCUT2D eigenvalue weighted by Gasteiger charge is 2.43. The highest BCUT2D eigenvalue weighted by atomic mass is 31.2. The molecule has 0 atom stereocenters. The average molecular weight is 784 g/mol. The van der Waals surface area contributed by atoms with Crippen LogP contribution in [0.1, 0.15) is 49.9 Å². The van der Waals surface area contributed by atoms with Crippen molar-refractivity contribution in [1.82, 2.24) is 0 Å². The fourth-order valence-corrected chi connectivity index (χ4v) is 12.5. The summed E-state index contributed by atoms with van der Waals surface area (Å²) in [7, 11) is -3.40. The molecular formula is C54H42NO3P. The van der Waals surface area contributed by atoms with Crippen LogP contribution in [0.25, 0.3) is 33.1 Å². The topological polar surface area (TPSA) is 42.7 Å². The summed E-state index contributed by atoms with van der Waals surface area (Å²) >= 11 is 0. The Labute approximate surface area is 344 Å². The number of ether oxygens (including phenoxy) is 1. The van der Waals surface area contributed by atoms with Crippen LogP contribution in [0.4, 0.5) is 17.1 Å².